The Morgan fingerprint density at radius 3 is 2.47 bits per heavy atom. The number of likely N-dealkylation sites (N-methyl/N-ethyl adjacent to an activating group) is 1. The molecule has 1 heterocycles. The molecule has 0 amide bonds. The van der Waals surface area contributed by atoms with Gasteiger partial charge < -0.3 is 15.3 Å². The summed E-state index contributed by atoms with van der Waals surface area (Å²) >= 11 is 0. The average Bonchev–Trinajstić information content (AvgIpc) is 2.30. The largest absolute Gasteiger partial charge is 0.394 e. The van der Waals surface area contributed by atoms with Gasteiger partial charge in [0.2, 0.25) is 0 Å². The van der Waals surface area contributed by atoms with Crippen LogP contribution >= 0.6 is 0 Å². The quantitative estimate of drug-likeness (QED) is 0.746. The number of piperidine rings is 1. The van der Waals surface area contributed by atoms with Gasteiger partial charge in [-0.2, -0.15) is 0 Å². The van der Waals surface area contributed by atoms with Crippen molar-refractivity contribution in [3.63, 3.8) is 0 Å². The zero-order valence-corrected chi connectivity index (χ0v) is 12.0. The van der Waals surface area contributed by atoms with E-state index in [-0.39, 0.29) is 12.1 Å². The standard InChI is InChI=1S/C14H30N2O/c1-5-15-14(4,11-17)10-13(3)16-8-6-12(2)7-9-16/h12-13,15,17H,5-11H2,1-4H3. The number of hydrogen-bond acceptors (Lipinski definition) is 3. The number of nitrogens with one attached hydrogen (secondary N) is 1. The van der Waals surface area contributed by atoms with Gasteiger partial charge in [-0.3, -0.25) is 0 Å². The highest BCUT2D eigenvalue weighted by molar-refractivity contribution is 4.87. The van der Waals surface area contributed by atoms with Gasteiger partial charge in [0.15, 0.2) is 0 Å². The molecule has 1 saturated heterocycles. The van der Waals surface area contributed by atoms with Crippen molar-refractivity contribution in [1.82, 2.24) is 10.2 Å². The summed E-state index contributed by atoms with van der Waals surface area (Å²) in [4.78, 5) is 2.57. The summed E-state index contributed by atoms with van der Waals surface area (Å²) in [5.74, 6) is 0.886. The third-order valence-corrected chi connectivity index (χ3v) is 4.14. The molecule has 0 radical (unpaired) electrons. The molecule has 1 aliphatic rings. The van der Waals surface area contributed by atoms with Crippen LogP contribution in [0.4, 0.5) is 0 Å². The van der Waals surface area contributed by atoms with Gasteiger partial charge in [0.25, 0.3) is 0 Å². The fourth-order valence-corrected chi connectivity index (χ4v) is 2.87. The Balaban J connectivity index is 2.44. The molecule has 1 aliphatic heterocycles. The first-order valence-electron chi connectivity index (χ1n) is 7.10. The predicted octanol–water partition coefficient (Wildman–Crippen LogP) is 1.86. The monoisotopic (exact) mass is 242 g/mol. The first kappa shape index (κ1) is 14.9. The minimum atomic E-state index is -0.128. The molecule has 2 unspecified atom stereocenters. The molecule has 2 atom stereocenters. The lowest BCUT2D eigenvalue weighted by Crippen LogP contribution is -2.51. The van der Waals surface area contributed by atoms with E-state index in [1.54, 1.807) is 0 Å². The lowest BCUT2D eigenvalue weighted by atomic mass is 9.91. The van der Waals surface area contributed by atoms with Crippen molar-refractivity contribution >= 4 is 0 Å². The van der Waals surface area contributed by atoms with Crippen molar-refractivity contribution in [3.05, 3.63) is 0 Å². The fourth-order valence-electron chi connectivity index (χ4n) is 2.87. The van der Waals surface area contributed by atoms with Crippen LogP contribution in [0.1, 0.15) is 47.0 Å². The van der Waals surface area contributed by atoms with Crippen LogP contribution in [0, 0.1) is 5.92 Å². The minimum Gasteiger partial charge on any atom is -0.394 e. The summed E-state index contributed by atoms with van der Waals surface area (Å²) < 4.78 is 0. The summed E-state index contributed by atoms with van der Waals surface area (Å²) in [6.45, 7) is 12.4. The molecule has 3 nitrogen and oxygen atoms in total. The molecule has 2 N–H and O–H groups in total. The van der Waals surface area contributed by atoms with E-state index >= 15 is 0 Å². The first-order valence-corrected chi connectivity index (χ1v) is 7.10. The molecule has 0 spiro atoms. The summed E-state index contributed by atoms with van der Waals surface area (Å²) in [6, 6.07) is 0.554. The molecule has 0 aromatic rings. The van der Waals surface area contributed by atoms with Crippen LogP contribution in [0.3, 0.4) is 0 Å². The molecular formula is C14H30N2O. The number of aliphatic hydroxyl groups is 1. The second kappa shape index (κ2) is 6.72. The number of hydrogen-bond donors (Lipinski definition) is 2. The Labute approximate surface area is 107 Å². The lowest BCUT2D eigenvalue weighted by molar-refractivity contribution is 0.0933. The zero-order chi connectivity index (χ0) is 12.9. The lowest BCUT2D eigenvalue weighted by Gasteiger charge is -2.39. The maximum Gasteiger partial charge on any atom is 0.0611 e. The Hall–Kier alpha value is -0.120. The molecule has 0 aliphatic carbocycles. The van der Waals surface area contributed by atoms with Crippen molar-refractivity contribution in [2.45, 2.75) is 58.5 Å². The SMILES string of the molecule is CCNC(C)(CO)CC(C)N1CCC(C)CC1. The van der Waals surface area contributed by atoms with E-state index in [1.165, 1.54) is 25.9 Å². The van der Waals surface area contributed by atoms with Crippen LogP contribution in [0.25, 0.3) is 0 Å². The van der Waals surface area contributed by atoms with E-state index in [0.29, 0.717) is 6.04 Å². The molecular weight excluding hydrogens is 212 g/mol. The van der Waals surface area contributed by atoms with E-state index in [0.717, 1.165) is 18.9 Å². The average molecular weight is 242 g/mol. The van der Waals surface area contributed by atoms with E-state index < -0.39 is 0 Å². The first-order chi connectivity index (χ1) is 8.00. The van der Waals surface area contributed by atoms with Crippen LogP contribution in [0.5, 0.6) is 0 Å². The molecule has 17 heavy (non-hydrogen) atoms. The van der Waals surface area contributed by atoms with Crippen LogP contribution in [0.15, 0.2) is 0 Å². The second-order valence-corrected chi connectivity index (χ2v) is 6.02. The van der Waals surface area contributed by atoms with Crippen molar-refractivity contribution in [1.29, 1.82) is 0 Å². The Morgan fingerprint density at radius 1 is 1.41 bits per heavy atom. The van der Waals surface area contributed by atoms with Gasteiger partial charge in [-0.05, 0) is 58.7 Å². The Bertz CT molecular complexity index is 214. The smallest absolute Gasteiger partial charge is 0.0611 e. The molecule has 102 valence electrons. The van der Waals surface area contributed by atoms with Gasteiger partial charge in [-0.25, -0.2) is 0 Å². The van der Waals surface area contributed by atoms with Gasteiger partial charge in [0.05, 0.1) is 6.61 Å². The van der Waals surface area contributed by atoms with Crippen LogP contribution in [-0.4, -0.2) is 47.8 Å². The highest BCUT2D eigenvalue weighted by Crippen LogP contribution is 2.22. The van der Waals surface area contributed by atoms with E-state index in [4.69, 9.17) is 0 Å². The second-order valence-electron chi connectivity index (χ2n) is 6.02. The van der Waals surface area contributed by atoms with Crippen molar-refractivity contribution in [3.8, 4) is 0 Å². The minimum absolute atomic E-state index is 0.128. The molecule has 0 saturated carbocycles. The summed E-state index contributed by atoms with van der Waals surface area (Å²) in [6.07, 6.45) is 3.66. The normalized spacial score (nSPS) is 24.5. The third kappa shape index (κ3) is 4.57. The predicted molar refractivity (Wildman–Crippen MR) is 73.2 cm³/mol. The van der Waals surface area contributed by atoms with E-state index in [2.05, 4.69) is 37.9 Å². The molecule has 0 aromatic heterocycles. The number of likely N-dealkylation sites (tertiary alicyclic amines) is 1. The maximum absolute atomic E-state index is 9.52. The number of aliphatic hydroxyl groups excluding tert-OH is 1. The van der Waals surface area contributed by atoms with Crippen LogP contribution < -0.4 is 5.32 Å². The number of nitrogens with zero attached hydrogens (tertiary/aromatic N) is 1. The highest BCUT2D eigenvalue weighted by Gasteiger charge is 2.28. The van der Waals surface area contributed by atoms with Crippen molar-refractivity contribution in [2.24, 2.45) is 5.92 Å². The summed E-state index contributed by atoms with van der Waals surface area (Å²) in [5, 5.41) is 12.9. The summed E-state index contributed by atoms with van der Waals surface area (Å²) in [7, 11) is 0. The molecule has 1 fully saturated rings. The van der Waals surface area contributed by atoms with E-state index in [1.807, 2.05) is 0 Å². The van der Waals surface area contributed by atoms with Crippen LogP contribution in [-0.2, 0) is 0 Å². The molecule has 0 bridgehead atoms. The van der Waals surface area contributed by atoms with Gasteiger partial charge in [-0.15, -0.1) is 0 Å². The maximum atomic E-state index is 9.52. The van der Waals surface area contributed by atoms with Gasteiger partial charge in [0.1, 0.15) is 0 Å². The number of rotatable bonds is 6. The topological polar surface area (TPSA) is 35.5 Å². The highest BCUT2D eigenvalue weighted by atomic mass is 16.3. The Morgan fingerprint density at radius 2 is 2.00 bits per heavy atom. The van der Waals surface area contributed by atoms with E-state index in [9.17, 15) is 5.11 Å². The van der Waals surface area contributed by atoms with Crippen molar-refractivity contribution in [2.75, 3.05) is 26.2 Å². The van der Waals surface area contributed by atoms with Gasteiger partial charge >= 0.3 is 0 Å². The third-order valence-electron chi connectivity index (χ3n) is 4.14. The molecule has 1 rings (SSSR count). The molecule has 0 aromatic carbocycles. The Kier molecular flexibility index (Phi) is 5.90. The zero-order valence-electron chi connectivity index (χ0n) is 12.0. The van der Waals surface area contributed by atoms with Crippen molar-refractivity contribution < 1.29 is 5.11 Å². The van der Waals surface area contributed by atoms with Crippen LogP contribution in [0.2, 0.25) is 0 Å². The van der Waals surface area contributed by atoms with Gasteiger partial charge in [-0.1, -0.05) is 13.8 Å². The molecule has 3 heteroatoms. The van der Waals surface area contributed by atoms with Gasteiger partial charge in [0, 0.05) is 11.6 Å². The fraction of sp³-hybridized carbons (Fsp3) is 1.00. The summed E-state index contributed by atoms with van der Waals surface area (Å²) in [5.41, 5.74) is -0.128.